The number of aryl methyl sites for hydroxylation is 1. The highest BCUT2D eigenvalue weighted by atomic mass is 32.1. The second kappa shape index (κ2) is 5.10. The fourth-order valence-corrected chi connectivity index (χ4v) is 3.67. The van der Waals surface area contributed by atoms with Gasteiger partial charge in [-0.25, -0.2) is 0 Å². The Morgan fingerprint density at radius 3 is 2.68 bits per heavy atom. The smallest absolute Gasteiger partial charge is 0.255 e. The molecule has 0 fully saturated rings. The molecular formula is C17H15N3OS. The number of amides is 1. The predicted molar refractivity (Wildman–Crippen MR) is 86.5 cm³/mol. The van der Waals surface area contributed by atoms with Gasteiger partial charge in [-0.15, -0.1) is 11.3 Å². The number of fused-ring (bicyclic) bond motifs is 1. The molecule has 1 aliphatic rings. The van der Waals surface area contributed by atoms with E-state index in [0.717, 1.165) is 28.8 Å². The Kier molecular flexibility index (Phi) is 3.08. The maximum atomic E-state index is 12.3. The van der Waals surface area contributed by atoms with E-state index in [4.69, 9.17) is 0 Å². The molecule has 0 radical (unpaired) electrons. The molecule has 5 heteroatoms. The standard InChI is InChI=1S/C17H15N3OS/c1-19-10-14(8-18-19)13-4-2-12(3-5-13)9-20-11-16-15(17(20)21)6-7-22-16/h2-8,10H,9,11H2,1H3. The SMILES string of the molecule is Cn1cc(-c2ccc(CN3Cc4sccc4C3=O)cc2)cn1. The third kappa shape index (κ3) is 2.23. The largest absolute Gasteiger partial charge is 0.329 e. The molecule has 0 saturated carbocycles. The third-order valence-corrected chi connectivity index (χ3v) is 4.87. The quantitative estimate of drug-likeness (QED) is 0.744. The average Bonchev–Trinajstić information content (AvgIpc) is 3.20. The first-order valence-electron chi connectivity index (χ1n) is 7.14. The van der Waals surface area contributed by atoms with Crippen molar-refractivity contribution in [3.05, 3.63) is 64.1 Å². The average molecular weight is 309 g/mol. The van der Waals surface area contributed by atoms with Crippen molar-refractivity contribution in [2.75, 3.05) is 0 Å². The van der Waals surface area contributed by atoms with Crippen LogP contribution in [0, 0.1) is 0 Å². The summed E-state index contributed by atoms with van der Waals surface area (Å²) in [4.78, 5) is 15.4. The number of hydrogen-bond acceptors (Lipinski definition) is 3. The van der Waals surface area contributed by atoms with E-state index in [9.17, 15) is 4.79 Å². The lowest BCUT2D eigenvalue weighted by Gasteiger charge is -2.16. The lowest BCUT2D eigenvalue weighted by Crippen LogP contribution is -2.23. The van der Waals surface area contributed by atoms with Gasteiger partial charge in [-0.3, -0.25) is 9.48 Å². The first-order chi connectivity index (χ1) is 10.7. The van der Waals surface area contributed by atoms with E-state index in [1.54, 1.807) is 16.0 Å². The summed E-state index contributed by atoms with van der Waals surface area (Å²) in [7, 11) is 1.91. The molecule has 0 aliphatic carbocycles. The molecule has 1 aliphatic heterocycles. The highest BCUT2D eigenvalue weighted by molar-refractivity contribution is 7.10. The van der Waals surface area contributed by atoms with Crippen molar-refractivity contribution in [1.29, 1.82) is 0 Å². The molecule has 0 N–H and O–H groups in total. The number of thiophene rings is 1. The van der Waals surface area contributed by atoms with Crippen molar-refractivity contribution in [2.45, 2.75) is 13.1 Å². The Morgan fingerprint density at radius 1 is 1.18 bits per heavy atom. The molecular weight excluding hydrogens is 294 g/mol. The first kappa shape index (κ1) is 13.3. The third-order valence-electron chi connectivity index (χ3n) is 3.96. The summed E-state index contributed by atoms with van der Waals surface area (Å²) in [5.41, 5.74) is 4.27. The highest BCUT2D eigenvalue weighted by Crippen LogP contribution is 2.29. The normalized spacial score (nSPS) is 13.7. The van der Waals surface area contributed by atoms with E-state index in [1.807, 2.05) is 35.8 Å². The molecule has 0 unspecified atom stereocenters. The molecule has 1 aromatic carbocycles. The summed E-state index contributed by atoms with van der Waals surface area (Å²) in [6.07, 6.45) is 3.86. The molecule has 4 rings (SSSR count). The van der Waals surface area contributed by atoms with Gasteiger partial charge in [0, 0.05) is 30.2 Å². The van der Waals surface area contributed by atoms with Crippen molar-refractivity contribution < 1.29 is 4.79 Å². The molecule has 3 heterocycles. The Labute approximate surface area is 132 Å². The minimum absolute atomic E-state index is 0.146. The Hall–Kier alpha value is -2.40. The Morgan fingerprint density at radius 2 is 2.00 bits per heavy atom. The van der Waals surface area contributed by atoms with Gasteiger partial charge in [0.25, 0.3) is 5.91 Å². The van der Waals surface area contributed by atoms with Crippen LogP contribution in [0.1, 0.15) is 20.8 Å². The van der Waals surface area contributed by atoms with E-state index < -0.39 is 0 Å². The molecule has 0 saturated heterocycles. The molecule has 0 spiro atoms. The summed E-state index contributed by atoms with van der Waals surface area (Å²) in [6.45, 7) is 1.39. The fraction of sp³-hybridized carbons (Fsp3) is 0.176. The summed E-state index contributed by atoms with van der Waals surface area (Å²) in [6, 6.07) is 10.3. The molecule has 0 bridgehead atoms. The van der Waals surface area contributed by atoms with E-state index >= 15 is 0 Å². The molecule has 0 atom stereocenters. The lowest BCUT2D eigenvalue weighted by atomic mass is 10.1. The van der Waals surface area contributed by atoms with Gasteiger partial charge in [0.05, 0.1) is 18.3 Å². The topological polar surface area (TPSA) is 38.1 Å². The van der Waals surface area contributed by atoms with Crippen LogP contribution in [0.3, 0.4) is 0 Å². The highest BCUT2D eigenvalue weighted by Gasteiger charge is 2.28. The van der Waals surface area contributed by atoms with E-state index in [1.165, 1.54) is 4.88 Å². The number of rotatable bonds is 3. The monoisotopic (exact) mass is 309 g/mol. The fourth-order valence-electron chi connectivity index (χ4n) is 2.79. The van der Waals surface area contributed by atoms with Crippen LogP contribution >= 0.6 is 11.3 Å². The predicted octanol–water partition coefficient (Wildman–Crippen LogP) is 3.30. The van der Waals surface area contributed by atoms with Crippen LogP contribution in [0.5, 0.6) is 0 Å². The van der Waals surface area contributed by atoms with E-state index in [-0.39, 0.29) is 5.91 Å². The number of benzene rings is 1. The van der Waals surface area contributed by atoms with E-state index in [0.29, 0.717) is 6.54 Å². The lowest BCUT2D eigenvalue weighted by molar-refractivity contribution is 0.0767. The van der Waals surface area contributed by atoms with Gasteiger partial charge in [0.1, 0.15) is 0 Å². The van der Waals surface area contributed by atoms with E-state index in [2.05, 4.69) is 29.4 Å². The zero-order chi connectivity index (χ0) is 15.1. The van der Waals surface area contributed by atoms with Crippen molar-refractivity contribution in [3.63, 3.8) is 0 Å². The maximum Gasteiger partial charge on any atom is 0.255 e. The van der Waals surface area contributed by atoms with Gasteiger partial charge >= 0.3 is 0 Å². The number of carbonyl (C=O) groups is 1. The molecule has 22 heavy (non-hydrogen) atoms. The number of nitrogens with zero attached hydrogens (tertiary/aromatic N) is 3. The second-order valence-electron chi connectivity index (χ2n) is 5.52. The van der Waals surface area contributed by atoms with Gasteiger partial charge in [0.2, 0.25) is 0 Å². The van der Waals surface area contributed by atoms with Gasteiger partial charge in [0.15, 0.2) is 0 Å². The molecule has 110 valence electrons. The molecule has 3 aromatic rings. The van der Waals surface area contributed by atoms with Crippen LogP contribution in [-0.2, 0) is 20.1 Å². The van der Waals surface area contributed by atoms with Gasteiger partial charge in [-0.05, 0) is 22.6 Å². The van der Waals surface area contributed by atoms with Crippen LogP contribution in [0.25, 0.3) is 11.1 Å². The zero-order valence-electron chi connectivity index (χ0n) is 12.2. The van der Waals surface area contributed by atoms with Crippen LogP contribution in [0.2, 0.25) is 0 Å². The molecule has 1 amide bonds. The summed E-state index contributed by atoms with van der Waals surface area (Å²) >= 11 is 1.66. The minimum Gasteiger partial charge on any atom is -0.329 e. The van der Waals surface area contributed by atoms with Crippen molar-refractivity contribution >= 4 is 17.2 Å². The van der Waals surface area contributed by atoms with Crippen LogP contribution in [-0.4, -0.2) is 20.6 Å². The van der Waals surface area contributed by atoms with Crippen LogP contribution in [0.15, 0.2) is 48.1 Å². The molecule has 4 nitrogen and oxygen atoms in total. The first-order valence-corrected chi connectivity index (χ1v) is 8.02. The Bertz CT molecular complexity index is 832. The maximum absolute atomic E-state index is 12.3. The Balaban J connectivity index is 1.50. The van der Waals surface area contributed by atoms with Gasteiger partial charge < -0.3 is 4.90 Å². The summed E-state index contributed by atoms with van der Waals surface area (Å²) in [5, 5.41) is 6.18. The van der Waals surface area contributed by atoms with Crippen molar-refractivity contribution in [2.24, 2.45) is 7.05 Å². The summed E-state index contributed by atoms with van der Waals surface area (Å²) < 4.78 is 1.80. The van der Waals surface area contributed by atoms with Crippen LogP contribution in [0.4, 0.5) is 0 Å². The van der Waals surface area contributed by atoms with Gasteiger partial charge in [-0.1, -0.05) is 24.3 Å². The summed E-state index contributed by atoms with van der Waals surface area (Å²) in [5.74, 6) is 0.146. The minimum atomic E-state index is 0.146. The van der Waals surface area contributed by atoms with Crippen molar-refractivity contribution in [3.8, 4) is 11.1 Å². The number of hydrogen-bond donors (Lipinski definition) is 0. The number of aromatic nitrogens is 2. The second-order valence-corrected chi connectivity index (χ2v) is 6.52. The zero-order valence-corrected chi connectivity index (χ0v) is 13.0. The number of carbonyl (C=O) groups excluding carboxylic acids is 1. The van der Waals surface area contributed by atoms with Gasteiger partial charge in [-0.2, -0.15) is 5.10 Å². The van der Waals surface area contributed by atoms with Crippen LogP contribution < -0.4 is 0 Å². The van der Waals surface area contributed by atoms with Crippen molar-refractivity contribution in [1.82, 2.24) is 14.7 Å². The molecule has 2 aromatic heterocycles.